The number of nitrogens with one attached hydrogen (secondary N) is 1. The molecule has 0 radical (unpaired) electrons. The lowest BCUT2D eigenvalue weighted by Crippen LogP contribution is -2.47. The number of H-pyrrole nitrogens is 1. The summed E-state index contributed by atoms with van der Waals surface area (Å²) in [6, 6.07) is 6.50. The first kappa shape index (κ1) is 16.3. The maximum absolute atomic E-state index is 10.8. The van der Waals surface area contributed by atoms with Gasteiger partial charge in [0.05, 0.1) is 12.2 Å². The molecule has 0 aliphatic carbocycles. The van der Waals surface area contributed by atoms with E-state index in [0.717, 1.165) is 45.1 Å². The number of aromatic carboxylic acids is 1. The van der Waals surface area contributed by atoms with Crippen molar-refractivity contribution in [1.29, 1.82) is 0 Å². The summed E-state index contributed by atoms with van der Waals surface area (Å²) in [4.78, 5) is 19.6. The number of carboxylic acids is 1. The number of aromatic nitrogens is 3. The molecule has 0 bridgehead atoms. The number of carbonyl (C=O) groups is 1. The van der Waals surface area contributed by atoms with Crippen molar-refractivity contribution in [1.82, 2.24) is 20.1 Å². The molecule has 8 heteroatoms. The Morgan fingerprint density at radius 2 is 1.96 bits per heavy atom. The van der Waals surface area contributed by atoms with Gasteiger partial charge >= 0.3 is 5.97 Å². The number of ether oxygens (including phenoxy) is 1. The van der Waals surface area contributed by atoms with E-state index < -0.39 is 5.97 Å². The summed E-state index contributed by atoms with van der Waals surface area (Å²) < 4.78 is 5.66. The molecule has 2 aromatic rings. The molecule has 0 saturated carbocycles. The van der Waals surface area contributed by atoms with Crippen molar-refractivity contribution in [2.75, 3.05) is 44.2 Å². The van der Waals surface area contributed by atoms with E-state index in [-0.39, 0.29) is 5.56 Å². The fraction of sp³-hybridized carbons (Fsp3) is 0.438. The fourth-order valence-electron chi connectivity index (χ4n) is 2.71. The van der Waals surface area contributed by atoms with Gasteiger partial charge in [0.1, 0.15) is 12.1 Å². The van der Waals surface area contributed by atoms with E-state index in [4.69, 9.17) is 9.84 Å². The molecule has 1 saturated heterocycles. The molecule has 2 heterocycles. The van der Waals surface area contributed by atoms with E-state index in [1.165, 1.54) is 6.33 Å². The zero-order valence-electron chi connectivity index (χ0n) is 13.4. The summed E-state index contributed by atoms with van der Waals surface area (Å²) in [6.07, 6.45) is 2.46. The number of nitrogens with zero attached hydrogens (tertiary/aromatic N) is 4. The highest BCUT2D eigenvalue weighted by Gasteiger charge is 2.18. The Kier molecular flexibility index (Phi) is 5.27. The van der Waals surface area contributed by atoms with E-state index in [1.54, 1.807) is 24.3 Å². The Hall–Kier alpha value is -2.61. The average molecular weight is 331 g/mol. The molecule has 24 heavy (non-hydrogen) atoms. The number of anilines is 1. The van der Waals surface area contributed by atoms with E-state index >= 15 is 0 Å². The molecule has 0 spiro atoms. The van der Waals surface area contributed by atoms with Crippen LogP contribution in [0.4, 0.5) is 5.95 Å². The molecule has 8 nitrogen and oxygen atoms in total. The highest BCUT2D eigenvalue weighted by molar-refractivity contribution is 5.87. The van der Waals surface area contributed by atoms with Gasteiger partial charge in [0.15, 0.2) is 0 Å². The number of piperazine rings is 1. The van der Waals surface area contributed by atoms with Gasteiger partial charge in [-0.25, -0.2) is 9.89 Å². The lowest BCUT2D eigenvalue weighted by Gasteiger charge is -2.34. The zero-order valence-corrected chi connectivity index (χ0v) is 13.4. The van der Waals surface area contributed by atoms with E-state index in [9.17, 15) is 4.79 Å². The van der Waals surface area contributed by atoms with Crippen molar-refractivity contribution in [3.8, 4) is 5.75 Å². The number of hydrogen-bond donors (Lipinski definition) is 2. The number of hydrogen-bond acceptors (Lipinski definition) is 6. The van der Waals surface area contributed by atoms with Gasteiger partial charge in [-0.1, -0.05) is 0 Å². The van der Waals surface area contributed by atoms with Gasteiger partial charge in [-0.15, -0.1) is 0 Å². The Bertz CT molecular complexity index is 636. The van der Waals surface area contributed by atoms with Crippen LogP contribution < -0.4 is 9.64 Å². The fourth-order valence-corrected chi connectivity index (χ4v) is 2.71. The Balaban J connectivity index is 1.33. The first-order valence-corrected chi connectivity index (χ1v) is 8.01. The van der Waals surface area contributed by atoms with Crippen molar-refractivity contribution in [2.45, 2.75) is 6.42 Å². The standard InChI is InChI=1S/C16H21N5O3/c22-15(23)13-2-4-14(5-3-13)24-11-1-6-20-7-9-21(10-8-20)16-17-12-18-19-16/h2-5,12H,1,6-11H2,(H,22,23)(H,17,18,19). The summed E-state index contributed by atoms with van der Waals surface area (Å²) in [5, 5.41) is 15.6. The van der Waals surface area contributed by atoms with Gasteiger partial charge in [0.25, 0.3) is 0 Å². The second-order valence-corrected chi connectivity index (χ2v) is 5.67. The van der Waals surface area contributed by atoms with Gasteiger partial charge in [0.2, 0.25) is 5.95 Å². The molecule has 0 unspecified atom stereocenters. The summed E-state index contributed by atoms with van der Waals surface area (Å²) >= 11 is 0. The van der Waals surface area contributed by atoms with Gasteiger partial charge < -0.3 is 14.7 Å². The zero-order chi connectivity index (χ0) is 16.8. The third-order valence-corrected chi connectivity index (χ3v) is 4.06. The molecule has 128 valence electrons. The maximum Gasteiger partial charge on any atom is 0.335 e. The predicted octanol–water partition coefficient (Wildman–Crippen LogP) is 1.09. The molecular weight excluding hydrogens is 310 g/mol. The summed E-state index contributed by atoms with van der Waals surface area (Å²) in [6.45, 7) is 5.47. The van der Waals surface area contributed by atoms with Crippen LogP contribution in [-0.2, 0) is 0 Å². The minimum Gasteiger partial charge on any atom is -0.494 e. The third kappa shape index (κ3) is 4.23. The predicted molar refractivity (Wildman–Crippen MR) is 88.5 cm³/mol. The summed E-state index contributed by atoms with van der Waals surface area (Å²) in [5.41, 5.74) is 0.270. The molecule has 1 aliphatic rings. The van der Waals surface area contributed by atoms with Crippen LogP contribution in [0.2, 0.25) is 0 Å². The SMILES string of the molecule is O=C(O)c1ccc(OCCCN2CCN(c3ncn[nH]3)CC2)cc1. The van der Waals surface area contributed by atoms with Crippen LogP contribution in [-0.4, -0.2) is 70.5 Å². The van der Waals surface area contributed by atoms with Crippen LogP contribution in [0.5, 0.6) is 5.75 Å². The van der Waals surface area contributed by atoms with Crippen molar-refractivity contribution < 1.29 is 14.6 Å². The van der Waals surface area contributed by atoms with Crippen molar-refractivity contribution >= 4 is 11.9 Å². The molecule has 1 aliphatic heterocycles. The largest absolute Gasteiger partial charge is 0.494 e. The van der Waals surface area contributed by atoms with Crippen LogP contribution >= 0.6 is 0 Å². The van der Waals surface area contributed by atoms with E-state index in [2.05, 4.69) is 25.0 Å². The van der Waals surface area contributed by atoms with Gasteiger partial charge in [-0.2, -0.15) is 10.1 Å². The Morgan fingerprint density at radius 1 is 1.21 bits per heavy atom. The minimum absolute atomic E-state index is 0.270. The Labute approximate surface area is 140 Å². The highest BCUT2D eigenvalue weighted by atomic mass is 16.5. The molecule has 1 aromatic carbocycles. The highest BCUT2D eigenvalue weighted by Crippen LogP contribution is 2.13. The topological polar surface area (TPSA) is 94.6 Å². The van der Waals surface area contributed by atoms with E-state index in [0.29, 0.717) is 12.4 Å². The number of rotatable bonds is 7. The van der Waals surface area contributed by atoms with Crippen LogP contribution in [0.15, 0.2) is 30.6 Å². The lowest BCUT2D eigenvalue weighted by molar-refractivity contribution is 0.0697. The molecule has 1 aromatic heterocycles. The van der Waals surface area contributed by atoms with Gasteiger partial charge in [-0.05, 0) is 30.7 Å². The molecular formula is C16H21N5O3. The average Bonchev–Trinajstić information content (AvgIpc) is 3.14. The third-order valence-electron chi connectivity index (χ3n) is 4.06. The summed E-state index contributed by atoms with van der Waals surface area (Å²) in [5.74, 6) is 0.615. The number of carboxylic acid groups (broad SMARTS) is 1. The first-order valence-electron chi connectivity index (χ1n) is 8.01. The van der Waals surface area contributed by atoms with Crippen molar-refractivity contribution in [3.05, 3.63) is 36.2 Å². The smallest absolute Gasteiger partial charge is 0.335 e. The van der Waals surface area contributed by atoms with Gasteiger partial charge in [-0.3, -0.25) is 4.90 Å². The monoisotopic (exact) mass is 331 g/mol. The van der Waals surface area contributed by atoms with E-state index in [1.807, 2.05) is 0 Å². The molecule has 0 amide bonds. The Morgan fingerprint density at radius 3 is 2.58 bits per heavy atom. The van der Waals surface area contributed by atoms with Crippen LogP contribution in [0.25, 0.3) is 0 Å². The van der Waals surface area contributed by atoms with Crippen LogP contribution in [0, 0.1) is 0 Å². The second kappa shape index (κ2) is 7.78. The first-order chi connectivity index (χ1) is 11.7. The van der Waals surface area contributed by atoms with Crippen molar-refractivity contribution in [2.24, 2.45) is 0 Å². The summed E-state index contributed by atoms with van der Waals surface area (Å²) in [7, 11) is 0. The number of benzene rings is 1. The molecule has 1 fully saturated rings. The molecule has 2 N–H and O–H groups in total. The minimum atomic E-state index is -0.925. The normalized spacial score (nSPS) is 15.4. The molecule has 3 rings (SSSR count). The molecule has 0 atom stereocenters. The lowest BCUT2D eigenvalue weighted by atomic mass is 10.2. The quantitative estimate of drug-likeness (QED) is 0.733. The number of aromatic amines is 1. The van der Waals surface area contributed by atoms with Crippen LogP contribution in [0.3, 0.4) is 0 Å². The van der Waals surface area contributed by atoms with Crippen molar-refractivity contribution in [3.63, 3.8) is 0 Å². The van der Waals surface area contributed by atoms with Crippen LogP contribution in [0.1, 0.15) is 16.8 Å². The maximum atomic E-state index is 10.8. The second-order valence-electron chi connectivity index (χ2n) is 5.67. The van der Waals surface area contributed by atoms with Gasteiger partial charge in [0, 0.05) is 32.7 Å².